The Kier molecular flexibility index (Phi) is 1.57. The molecular weight excluding hydrogens is 152 g/mol. The maximum absolute atomic E-state index is 10.9. The van der Waals surface area contributed by atoms with E-state index in [2.05, 4.69) is 4.99 Å². The summed E-state index contributed by atoms with van der Waals surface area (Å²) >= 11 is 0. The summed E-state index contributed by atoms with van der Waals surface area (Å²) in [6.45, 7) is 2.79. The van der Waals surface area contributed by atoms with Crippen LogP contribution in [0.5, 0.6) is 0 Å². The molecule has 0 bridgehead atoms. The molecule has 0 spiro atoms. The van der Waals surface area contributed by atoms with E-state index in [9.17, 15) is 4.79 Å². The summed E-state index contributed by atoms with van der Waals surface area (Å²) in [5.41, 5.74) is 1.20. The number of hydrogen-bond donors (Lipinski definition) is 0. The fourth-order valence-corrected chi connectivity index (χ4v) is 1.34. The fourth-order valence-electron chi connectivity index (χ4n) is 1.34. The molecule has 62 valence electrons. The molecule has 0 atom stereocenters. The lowest BCUT2D eigenvalue weighted by molar-refractivity contribution is -0.118. The minimum atomic E-state index is -0.0150. The summed E-state index contributed by atoms with van der Waals surface area (Å²) < 4.78 is 0. The van der Waals surface area contributed by atoms with Crippen molar-refractivity contribution >= 4 is 11.7 Å². The van der Waals surface area contributed by atoms with Crippen molar-refractivity contribution < 1.29 is 4.79 Å². The molecule has 12 heavy (non-hydrogen) atoms. The predicted molar refractivity (Wildman–Crippen MR) is 46.7 cm³/mol. The minimum absolute atomic E-state index is 0.0150. The largest absolute Gasteiger partial charge is 0.332 e. The van der Waals surface area contributed by atoms with Gasteiger partial charge in [0.05, 0.1) is 0 Å². The Morgan fingerprint density at radius 1 is 1.50 bits per heavy atom. The molecule has 2 aliphatic rings. The van der Waals surface area contributed by atoms with Crippen molar-refractivity contribution in [2.75, 3.05) is 6.54 Å². The highest BCUT2D eigenvalue weighted by Crippen LogP contribution is 2.13. The maximum atomic E-state index is 10.9. The number of amides is 1. The van der Waals surface area contributed by atoms with Crippen molar-refractivity contribution in [3.05, 3.63) is 23.9 Å². The van der Waals surface area contributed by atoms with Gasteiger partial charge >= 0.3 is 0 Å². The number of nitrogens with zero attached hydrogens (tertiary/aromatic N) is 2. The summed E-state index contributed by atoms with van der Waals surface area (Å²) in [5.74, 6) is 0.760. The first-order valence-electron chi connectivity index (χ1n) is 4.00. The molecule has 0 radical (unpaired) electrons. The van der Waals surface area contributed by atoms with E-state index in [4.69, 9.17) is 0 Å². The number of hydrogen-bond acceptors (Lipinski definition) is 2. The lowest BCUT2D eigenvalue weighted by Crippen LogP contribution is -2.33. The minimum Gasteiger partial charge on any atom is -0.332 e. The summed E-state index contributed by atoms with van der Waals surface area (Å²) in [7, 11) is 0. The Labute approximate surface area is 71.1 Å². The Hall–Kier alpha value is -1.38. The Morgan fingerprint density at radius 2 is 2.33 bits per heavy atom. The second kappa shape index (κ2) is 2.59. The first-order chi connectivity index (χ1) is 5.75. The number of aliphatic imine (C=N–C) groups is 1. The highest BCUT2D eigenvalue weighted by molar-refractivity contribution is 6.04. The van der Waals surface area contributed by atoms with E-state index in [1.165, 1.54) is 5.57 Å². The van der Waals surface area contributed by atoms with Crippen molar-refractivity contribution in [3.63, 3.8) is 0 Å². The van der Waals surface area contributed by atoms with E-state index in [0.717, 1.165) is 12.4 Å². The Morgan fingerprint density at radius 3 is 3.17 bits per heavy atom. The summed E-state index contributed by atoms with van der Waals surface area (Å²) in [4.78, 5) is 16.9. The molecule has 0 aromatic carbocycles. The number of allylic oxidation sites excluding steroid dienone is 2. The zero-order valence-electron chi connectivity index (χ0n) is 6.95. The average Bonchev–Trinajstić information content (AvgIpc) is 2.05. The molecule has 1 amide bonds. The van der Waals surface area contributed by atoms with Gasteiger partial charge in [0.1, 0.15) is 5.84 Å². The van der Waals surface area contributed by atoms with E-state index in [1.54, 1.807) is 0 Å². The Bertz CT molecular complexity index is 312. The van der Waals surface area contributed by atoms with Crippen LogP contribution in [0.2, 0.25) is 0 Å². The van der Waals surface area contributed by atoms with Crippen molar-refractivity contribution in [1.29, 1.82) is 0 Å². The smallest absolute Gasteiger partial charge is 0.249 e. The van der Waals surface area contributed by atoms with Crippen LogP contribution in [-0.4, -0.2) is 23.2 Å². The first-order valence-corrected chi connectivity index (χ1v) is 4.00. The molecule has 0 N–H and O–H groups in total. The van der Waals surface area contributed by atoms with Crippen LogP contribution >= 0.6 is 0 Å². The molecule has 2 aliphatic heterocycles. The van der Waals surface area contributed by atoms with Gasteiger partial charge in [0.25, 0.3) is 0 Å². The van der Waals surface area contributed by atoms with Crippen LogP contribution in [0, 0.1) is 0 Å². The summed E-state index contributed by atoms with van der Waals surface area (Å²) in [5, 5.41) is 0. The summed E-state index contributed by atoms with van der Waals surface area (Å²) in [6, 6.07) is 0. The van der Waals surface area contributed by atoms with Gasteiger partial charge in [-0.05, 0) is 18.6 Å². The van der Waals surface area contributed by atoms with E-state index >= 15 is 0 Å². The van der Waals surface area contributed by atoms with Crippen molar-refractivity contribution in [2.45, 2.75) is 13.3 Å². The van der Waals surface area contributed by atoms with E-state index in [0.29, 0.717) is 6.42 Å². The third kappa shape index (κ3) is 1.18. The lowest BCUT2D eigenvalue weighted by atomic mass is 10.2. The van der Waals surface area contributed by atoms with Crippen molar-refractivity contribution in [2.24, 2.45) is 4.99 Å². The number of fused-ring (bicyclic) bond motifs is 1. The van der Waals surface area contributed by atoms with Gasteiger partial charge < -0.3 is 4.90 Å². The molecule has 0 saturated carbocycles. The standard InChI is InChI=1S/C9H10N2O/c1-7-2-3-8-10-9(12)4-5-11(8)6-7/h2-3,6H,4-5H2,1H3. The van der Waals surface area contributed by atoms with Gasteiger partial charge in [-0.25, -0.2) is 0 Å². The third-order valence-electron chi connectivity index (χ3n) is 1.95. The van der Waals surface area contributed by atoms with Gasteiger partial charge in [-0.3, -0.25) is 4.79 Å². The fraction of sp³-hybridized carbons (Fsp3) is 0.333. The van der Waals surface area contributed by atoms with Crippen LogP contribution in [-0.2, 0) is 4.79 Å². The second-order valence-electron chi connectivity index (χ2n) is 3.01. The van der Waals surface area contributed by atoms with Crippen LogP contribution < -0.4 is 0 Å². The lowest BCUT2D eigenvalue weighted by Gasteiger charge is -2.26. The SMILES string of the molecule is CC1=CN2CCC(=O)N=C2C=C1. The van der Waals surface area contributed by atoms with Gasteiger partial charge in [-0.2, -0.15) is 4.99 Å². The van der Waals surface area contributed by atoms with Crippen LogP contribution in [0.25, 0.3) is 0 Å². The normalized spacial score (nSPS) is 21.8. The van der Waals surface area contributed by atoms with Gasteiger partial charge in [-0.15, -0.1) is 0 Å². The van der Waals surface area contributed by atoms with E-state index in [-0.39, 0.29) is 5.91 Å². The third-order valence-corrected chi connectivity index (χ3v) is 1.95. The topological polar surface area (TPSA) is 32.7 Å². The van der Waals surface area contributed by atoms with Crippen LogP contribution in [0.1, 0.15) is 13.3 Å². The molecule has 2 rings (SSSR count). The number of carbonyl (C=O) groups is 1. The number of carbonyl (C=O) groups excluding carboxylic acids is 1. The quantitative estimate of drug-likeness (QED) is 0.534. The molecule has 3 heteroatoms. The Balaban J connectivity index is 2.33. The molecule has 3 nitrogen and oxygen atoms in total. The zero-order valence-corrected chi connectivity index (χ0v) is 6.95. The molecule has 0 aromatic heterocycles. The van der Waals surface area contributed by atoms with Crippen LogP contribution in [0.15, 0.2) is 28.9 Å². The molecular formula is C9H10N2O. The van der Waals surface area contributed by atoms with E-state index < -0.39 is 0 Å². The number of amidine groups is 1. The highest BCUT2D eigenvalue weighted by Gasteiger charge is 2.17. The van der Waals surface area contributed by atoms with Gasteiger partial charge in [0.2, 0.25) is 5.91 Å². The van der Waals surface area contributed by atoms with Gasteiger partial charge in [0, 0.05) is 19.2 Å². The van der Waals surface area contributed by atoms with Gasteiger partial charge in [-0.1, -0.05) is 6.08 Å². The molecule has 0 aromatic rings. The molecule has 0 fully saturated rings. The van der Waals surface area contributed by atoms with Crippen molar-refractivity contribution in [3.8, 4) is 0 Å². The molecule has 0 saturated heterocycles. The monoisotopic (exact) mass is 162 g/mol. The highest BCUT2D eigenvalue weighted by atomic mass is 16.1. The van der Waals surface area contributed by atoms with E-state index in [1.807, 2.05) is 30.2 Å². The molecule has 0 unspecified atom stereocenters. The molecule has 0 aliphatic carbocycles. The number of rotatable bonds is 0. The first kappa shape index (κ1) is 7.28. The second-order valence-corrected chi connectivity index (χ2v) is 3.01. The maximum Gasteiger partial charge on any atom is 0.249 e. The molecule has 2 heterocycles. The van der Waals surface area contributed by atoms with Crippen LogP contribution in [0.3, 0.4) is 0 Å². The average molecular weight is 162 g/mol. The summed E-state index contributed by atoms with van der Waals surface area (Å²) in [6.07, 6.45) is 6.40. The van der Waals surface area contributed by atoms with Crippen LogP contribution in [0.4, 0.5) is 0 Å². The van der Waals surface area contributed by atoms with Gasteiger partial charge in [0.15, 0.2) is 0 Å². The predicted octanol–water partition coefficient (Wildman–Crippen LogP) is 1.09. The zero-order chi connectivity index (χ0) is 8.55. The van der Waals surface area contributed by atoms with Crippen molar-refractivity contribution in [1.82, 2.24) is 4.90 Å².